The zero-order chi connectivity index (χ0) is 25.3. The first-order valence-electron chi connectivity index (χ1n) is 12.1. The van der Waals surface area contributed by atoms with Crippen molar-refractivity contribution in [3.05, 3.63) is 83.7 Å². The molecule has 9 heteroatoms. The molecule has 1 aromatic heterocycles. The molecule has 2 bridgehead atoms. The van der Waals surface area contributed by atoms with Gasteiger partial charge < -0.3 is 29.3 Å². The summed E-state index contributed by atoms with van der Waals surface area (Å²) in [5, 5.41) is 16.0. The van der Waals surface area contributed by atoms with Crippen LogP contribution < -0.4 is 10.5 Å². The van der Waals surface area contributed by atoms with Gasteiger partial charge in [-0.2, -0.15) is 0 Å². The summed E-state index contributed by atoms with van der Waals surface area (Å²) in [6, 6.07) is 16.5. The fraction of sp³-hybridized carbons (Fsp3) is 0.370. The summed E-state index contributed by atoms with van der Waals surface area (Å²) in [6.07, 6.45) is 2.44. The van der Waals surface area contributed by atoms with E-state index in [0.717, 1.165) is 12.8 Å². The number of piperidine rings is 3. The van der Waals surface area contributed by atoms with E-state index in [1.54, 1.807) is 54.6 Å². The van der Waals surface area contributed by atoms with E-state index in [-0.39, 0.29) is 5.92 Å². The van der Waals surface area contributed by atoms with Gasteiger partial charge in [0.25, 0.3) is 5.91 Å². The third-order valence-corrected chi connectivity index (χ3v) is 7.76. The van der Waals surface area contributed by atoms with Crippen LogP contribution in [0.25, 0.3) is 0 Å². The molecule has 3 aliphatic heterocycles. The number of nitrogens with two attached hydrogens (primary N) is 1. The van der Waals surface area contributed by atoms with Gasteiger partial charge in [0.2, 0.25) is 11.6 Å². The molecule has 0 spiro atoms. The fourth-order valence-corrected chi connectivity index (χ4v) is 5.95. The third-order valence-electron chi connectivity index (χ3n) is 7.76. The van der Waals surface area contributed by atoms with Crippen molar-refractivity contribution in [3.63, 3.8) is 0 Å². The Morgan fingerprint density at radius 3 is 2.44 bits per heavy atom. The number of hydrogen-bond donors (Lipinski definition) is 2. The van der Waals surface area contributed by atoms with Gasteiger partial charge in [-0.05, 0) is 11.6 Å². The van der Waals surface area contributed by atoms with E-state index in [1.807, 2.05) is 6.07 Å². The van der Waals surface area contributed by atoms with E-state index in [0.29, 0.717) is 46.7 Å². The van der Waals surface area contributed by atoms with Gasteiger partial charge in [-0.3, -0.25) is 4.79 Å². The van der Waals surface area contributed by atoms with Crippen LogP contribution in [-0.4, -0.2) is 59.5 Å². The van der Waals surface area contributed by atoms with Crippen molar-refractivity contribution >= 4 is 11.9 Å². The maximum absolute atomic E-state index is 13.9. The lowest BCUT2D eigenvalue weighted by molar-refractivity contribution is -0.965. The number of benzene rings is 2. The second-order valence-corrected chi connectivity index (χ2v) is 9.64. The van der Waals surface area contributed by atoms with Crippen molar-refractivity contribution in [2.24, 2.45) is 11.7 Å². The molecule has 2 unspecified atom stereocenters. The highest BCUT2D eigenvalue weighted by Gasteiger charge is 2.55. The highest BCUT2D eigenvalue weighted by molar-refractivity contribution is 5.86. The van der Waals surface area contributed by atoms with Crippen LogP contribution in [0, 0.1) is 5.92 Å². The van der Waals surface area contributed by atoms with Gasteiger partial charge >= 0.3 is 5.97 Å². The summed E-state index contributed by atoms with van der Waals surface area (Å²) < 4.78 is 16.9. The number of quaternary nitrogens is 1. The lowest BCUT2D eigenvalue weighted by Crippen LogP contribution is -2.67. The number of carbonyl (C=O) groups is 2. The highest BCUT2D eigenvalue weighted by Crippen LogP contribution is 2.44. The molecule has 6 rings (SSSR count). The van der Waals surface area contributed by atoms with Gasteiger partial charge in [0.05, 0.1) is 20.2 Å². The molecule has 0 aliphatic carbocycles. The molecule has 0 saturated carbocycles. The number of para-hydroxylation sites is 1. The van der Waals surface area contributed by atoms with Gasteiger partial charge in [-0.25, -0.2) is 4.79 Å². The number of rotatable bonds is 8. The van der Waals surface area contributed by atoms with Crippen molar-refractivity contribution in [1.29, 1.82) is 0 Å². The number of ether oxygens (including phenoxy) is 2. The summed E-state index contributed by atoms with van der Waals surface area (Å²) in [5.41, 5.74) is 4.90. The van der Waals surface area contributed by atoms with Crippen LogP contribution in [-0.2, 0) is 19.9 Å². The molecule has 3 aromatic rings. The molecule has 3 N–H and O–H groups in total. The van der Waals surface area contributed by atoms with Crippen molar-refractivity contribution in [1.82, 2.24) is 5.16 Å². The van der Waals surface area contributed by atoms with Crippen molar-refractivity contribution in [2.75, 3.05) is 26.7 Å². The molecule has 188 valence electrons. The zero-order valence-corrected chi connectivity index (χ0v) is 20.1. The first-order chi connectivity index (χ1) is 17.4. The van der Waals surface area contributed by atoms with Gasteiger partial charge in [-0.15, -0.1) is 0 Å². The minimum absolute atomic E-state index is 0.123. The Morgan fingerprint density at radius 1 is 1.11 bits per heavy atom. The second kappa shape index (κ2) is 9.40. The van der Waals surface area contributed by atoms with E-state index in [9.17, 15) is 14.7 Å². The van der Waals surface area contributed by atoms with E-state index in [4.69, 9.17) is 19.7 Å². The van der Waals surface area contributed by atoms with Crippen molar-refractivity contribution in [2.45, 2.75) is 30.6 Å². The van der Waals surface area contributed by atoms with Gasteiger partial charge in [0, 0.05) is 30.4 Å². The Hall–Kier alpha value is -3.69. The number of amides is 1. The SMILES string of the molecule is COc1ccccc1C(O)(C(=O)O[C@H]1C[N+]2(C(C(N)=O)c3ccon3)CCC1CC2)c1ccccc1. The standard InChI is InChI=1S/C27H29N3O6/c1-34-22-10-6-5-9-20(22)27(33,19-7-3-2-4-8-19)26(32)36-23-17-30(14-11-18(23)12-15-30)24(25(28)31)21-13-16-35-29-21/h2-10,13,16,18,23-24,33H,11-12,14-15,17H2,1H3,(H-,28,31)/p+1/t18?,23-,24?,27?,30?/m0/s1. The van der Waals surface area contributed by atoms with E-state index in [2.05, 4.69) is 5.16 Å². The fourth-order valence-electron chi connectivity index (χ4n) is 5.95. The number of nitrogens with zero attached hydrogens (tertiary/aromatic N) is 2. The second-order valence-electron chi connectivity index (χ2n) is 9.64. The van der Waals surface area contributed by atoms with Crippen LogP contribution in [0.15, 0.2) is 71.4 Å². The lowest BCUT2D eigenvalue weighted by Gasteiger charge is -2.54. The maximum atomic E-state index is 13.9. The first-order valence-corrected chi connectivity index (χ1v) is 12.1. The molecule has 3 aliphatic rings. The van der Waals surface area contributed by atoms with E-state index in [1.165, 1.54) is 13.4 Å². The number of aromatic nitrogens is 1. The predicted octanol–water partition coefficient (Wildman–Crippen LogP) is 2.30. The molecule has 3 fully saturated rings. The van der Waals surface area contributed by atoms with Crippen LogP contribution in [0.4, 0.5) is 0 Å². The Kier molecular flexibility index (Phi) is 6.27. The van der Waals surface area contributed by atoms with E-state index < -0.39 is 29.6 Å². The molecular weight excluding hydrogens is 462 g/mol. The number of primary amides is 1. The normalized spacial score (nSPS) is 25.5. The summed E-state index contributed by atoms with van der Waals surface area (Å²) in [4.78, 5) is 26.4. The number of aliphatic hydroxyl groups is 1. The molecular formula is C27H30N3O6+. The van der Waals surface area contributed by atoms with Crippen LogP contribution >= 0.6 is 0 Å². The predicted molar refractivity (Wildman–Crippen MR) is 128 cm³/mol. The summed E-state index contributed by atoms with van der Waals surface area (Å²) >= 11 is 0. The largest absolute Gasteiger partial charge is 0.496 e. The number of esters is 1. The average molecular weight is 493 g/mol. The topological polar surface area (TPSA) is 125 Å². The Labute approximate surface area is 209 Å². The lowest BCUT2D eigenvalue weighted by atomic mass is 9.80. The molecule has 4 heterocycles. The number of methoxy groups -OCH3 is 1. The molecule has 9 nitrogen and oxygen atoms in total. The van der Waals surface area contributed by atoms with Gasteiger partial charge in [0.1, 0.15) is 18.6 Å². The van der Waals surface area contributed by atoms with Crippen molar-refractivity contribution < 1.29 is 33.2 Å². The van der Waals surface area contributed by atoms with Gasteiger partial charge in [0.15, 0.2) is 11.8 Å². The summed E-state index contributed by atoms with van der Waals surface area (Å²) in [5.74, 6) is -0.785. The monoisotopic (exact) mass is 492 g/mol. The minimum atomic E-state index is -2.08. The molecule has 1 amide bonds. The number of carbonyl (C=O) groups excluding carboxylic acids is 2. The highest BCUT2D eigenvalue weighted by atomic mass is 16.6. The van der Waals surface area contributed by atoms with Crippen LogP contribution in [0.5, 0.6) is 5.75 Å². The Morgan fingerprint density at radius 2 is 1.81 bits per heavy atom. The van der Waals surface area contributed by atoms with Crippen LogP contribution in [0.1, 0.15) is 35.7 Å². The molecule has 2 aromatic carbocycles. The summed E-state index contributed by atoms with van der Waals surface area (Å²) in [7, 11) is 1.49. The molecule has 0 radical (unpaired) electrons. The number of fused-ring (bicyclic) bond motifs is 3. The number of hydrogen-bond acceptors (Lipinski definition) is 7. The van der Waals surface area contributed by atoms with Gasteiger partial charge in [-0.1, -0.05) is 53.7 Å². The molecule has 3 saturated heterocycles. The third kappa shape index (κ3) is 3.94. The Balaban J connectivity index is 1.49. The quantitative estimate of drug-likeness (QED) is 0.365. The zero-order valence-electron chi connectivity index (χ0n) is 20.1. The smallest absolute Gasteiger partial charge is 0.348 e. The average Bonchev–Trinajstić information content (AvgIpc) is 3.43. The first kappa shape index (κ1) is 24.0. The van der Waals surface area contributed by atoms with Crippen LogP contribution in [0.3, 0.4) is 0 Å². The molecule has 3 atom stereocenters. The van der Waals surface area contributed by atoms with Crippen molar-refractivity contribution in [3.8, 4) is 5.75 Å². The Bertz CT molecular complexity index is 1220. The van der Waals surface area contributed by atoms with Crippen LogP contribution in [0.2, 0.25) is 0 Å². The van der Waals surface area contributed by atoms with E-state index >= 15 is 0 Å². The molecule has 36 heavy (non-hydrogen) atoms. The summed E-state index contributed by atoms with van der Waals surface area (Å²) in [6.45, 7) is 1.83. The maximum Gasteiger partial charge on any atom is 0.348 e. The minimum Gasteiger partial charge on any atom is -0.496 e.